The van der Waals surface area contributed by atoms with Gasteiger partial charge in [-0.3, -0.25) is 14.4 Å². The van der Waals surface area contributed by atoms with Gasteiger partial charge in [-0.05, 0) is 121 Å². The molecule has 0 aromatic heterocycles. The smallest absolute Gasteiger partial charge is 0.306 e. The molecule has 362 valence electrons. The van der Waals surface area contributed by atoms with Crippen molar-refractivity contribution in [2.45, 2.75) is 125 Å². The maximum atomic E-state index is 11.6. The van der Waals surface area contributed by atoms with Gasteiger partial charge in [-0.25, -0.2) is 0 Å². The van der Waals surface area contributed by atoms with Crippen LogP contribution < -0.4 is 18.9 Å². The van der Waals surface area contributed by atoms with Crippen molar-refractivity contribution in [1.29, 1.82) is 0 Å². The van der Waals surface area contributed by atoms with Gasteiger partial charge in [0.25, 0.3) is 0 Å². The fourth-order valence-electron chi connectivity index (χ4n) is 7.05. The van der Waals surface area contributed by atoms with Crippen molar-refractivity contribution in [1.82, 2.24) is 0 Å². The van der Waals surface area contributed by atoms with Gasteiger partial charge in [0.15, 0.2) is 11.6 Å². The number of aliphatic hydroxyl groups excluding tert-OH is 1. The van der Waals surface area contributed by atoms with E-state index in [0.29, 0.717) is 44.8 Å². The molecule has 0 fully saturated rings. The Bertz CT molecular complexity index is 2090. The predicted octanol–water partition coefficient (Wildman–Crippen LogP) is 12.4. The zero-order valence-corrected chi connectivity index (χ0v) is 40.5. The van der Waals surface area contributed by atoms with Crippen LogP contribution in [0.2, 0.25) is 0 Å². The normalized spacial score (nSPS) is 12.0. The van der Waals surface area contributed by atoms with E-state index >= 15 is 0 Å². The fraction of sp³-hybridized carbons (Fsp3) is 0.421. The summed E-state index contributed by atoms with van der Waals surface area (Å²) in [6, 6.07) is 35.2. The van der Waals surface area contributed by atoms with Gasteiger partial charge in [-0.1, -0.05) is 115 Å². The van der Waals surface area contributed by atoms with E-state index in [1.54, 1.807) is 12.1 Å². The Kier molecular flexibility index (Phi) is 26.8. The largest absolute Gasteiger partial charge is 0.508 e. The van der Waals surface area contributed by atoms with E-state index in [2.05, 4.69) is 46.8 Å². The van der Waals surface area contributed by atoms with Crippen molar-refractivity contribution in [3.63, 3.8) is 0 Å². The highest BCUT2D eigenvalue weighted by molar-refractivity contribution is 6.00. The quantitative estimate of drug-likeness (QED) is 0.0725. The molecule has 0 saturated carbocycles. The lowest BCUT2D eigenvalue weighted by atomic mass is 10.0. The fourth-order valence-corrected chi connectivity index (χ4v) is 7.05. The first-order chi connectivity index (χ1) is 32.5. The Morgan fingerprint density at radius 1 is 0.522 bits per heavy atom. The van der Waals surface area contributed by atoms with Gasteiger partial charge in [-0.15, -0.1) is 0 Å². The van der Waals surface area contributed by atoms with Crippen LogP contribution in [0.15, 0.2) is 109 Å². The summed E-state index contributed by atoms with van der Waals surface area (Å²) in [5.74, 6) is 3.06. The summed E-state index contributed by atoms with van der Waals surface area (Å²) in [6.45, 7) is 12.8. The molecule has 2 heterocycles. The van der Waals surface area contributed by atoms with E-state index in [0.717, 1.165) is 91.9 Å². The molecule has 0 atom stereocenters. The van der Waals surface area contributed by atoms with Gasteiger partial charge in [0.1, 0.15) is 28.7 Å². The van der Waals surface area contributed by atoms with Crippen LogP contribution >= 0.6 is 0 Å². The van der Waals surface area contributed by atoms with E-state index in [1.165, 1.54) is 34.2 Å². The lowest BCUT2D eigenvalue weighted by Gasteiger charge is -2.16. The number of carboxylic acids is 1. The minimum absolute atomic E-state index is 0.0384. The van der Waals surface area contributed by atoms with Crippen LogP contribution in [0.1, 0.15) is 141 Å². The maximum Gasteiger partial charge on any atom is 0.306 e. The van der Waals surface area contributed by atoms with Crippen molar-refractivity contribution in [3.05, 3.63) is 148 Å². The maximum absolute atomic E-state index is 11.6. The summed E-state index contributed by atoms with van der Waals surface area (Å²) in [4.78, 5) is 33.4. The molecule has 5 aromatic carbocycles. The Morgan fingerprint density at radius 2 is 0.881 bits per heavy atom. The summed E-state index contributed by atoms with van der Waals surface area (Å²) >= 11 is 0. The first-order valence-corrected chi connectivity index (χ1v) is 24.2. The predicted molar refractivity (Wildman–Crippen MR) is 268 cm³/mol. The van der Waals surface area contributed by atoms with Crippen molar-refractivity contribution in [3.8, 4) is 28.7 Å². The summed E-state index contributed by atoms with van der Waals surface area (Å²) in [7, 11) is 0. The number of ether oxygens (including phenoxy) is 4. The summed E-state index contributed by atoms with van der Waals surface area (Å²) in [5, 5.41) is 25.9. The average molecular weight is 919 g/mol. The van der Waals surface area contributed by atoms with Gasteiger partial charge in [0, 0.05) is 25.9 Å². The number of aryl methyl sites for hydroxylation is 5. The minimum atomic E-state index is -0.836. The molecule has 5 aromatic rings. The second-order valence-corrected chi connectivity index (χ2v) is 16.3. The molecular formula is C57H74O10. The number of aliphatic hydroxyl groups is 1. The molecule has 2 aliphatic rings. The Labute approximate surface area is 399 Å². The molecule has 3 N–H and O–H groups in total. The van der Waals surface area contributed by atoms with E-state index < -0.39 is 5.97 Å². The number of fused-ring (bicyclic) bond motifs is 2. The number of Topliss-reactive ketones (excluding diaryl/α,β-unsaturated/α-hetero) is 2. The minimum Gasteiger partial charge on any atom is -0.508 e. The molecule has 10 heteroatoms. The van der Waals surface area contributed by atoms with Gasteiger partial charge < -0.3 is 34.3 Å². The van der Waals surface area contributed by atoms with Gasteiger partial charge in [0.05, 0.1) is 44.0 Å². The van der Waals surface area contributed by atoms with Crippen molar-refractivity contribution in [2.75, 3.05) is 33.0 Å². The number of ketones is 2. The third-order valence-corrected chi connectivity index (χ3v) is 10.5. The zero-order chi connectivity index (χ0) is 48.7. The number of phenols is 1. The number of phenolic OH excluding ortho intramolecular Hbond substituents is 1. The first-order valence-electron chi connectivity index (χ1n) is 24.2. The second kappa shape index (κ2) is 32.5. The number of aliphatic carboxylic acids is 1. The molecule has 0 unspecified atom stereocenters. The zero-order valence-electron chi connectivity index (χ0n) is 40.5. The Morgan fingerprint density at radius 3 is 1.25 bits per heavy atom. The molecule has 0 amide bonds. The highest BCUT2D eigenvalue weighted by Crippen LogP contribution is 2.27. The number of benzene rings is 5. The number of carbonyl (C=O) groups is 3. The van der Waals surface area contributed by atoms with Crippen LogP contribution in [0.3, 0.4) is 0 Å². The van der Waals surface area contributed by atoms with Crippen molar-refractivity contribution in [2.24, 2.45) is 0 Å². The second-order valence-electron chi connectivity index (χ2n) is 16.3. The molecule has 7 rings (SSSR count). The highest BCUT2D eigenvalue weighted by Gasteiger charge is 2.19. The molecular weight excluding hydrogens is 845 g/mol. The molecule has 2 aliphatic heterocycles. The third kappa shape index (κ3) is 21.8. The standard InChI is InChI=1S/C12H16O3.2C12H14O2.C12H18O2.C9H12O/c1-2-3-10-4-6-11(7-5-10)15-9-8-12(13)14;2*1-2-3-9-4-5-12-10(8-9)11(13)6-7-14-12;1-2-4-11-5-7-12(8-6-11)14-10-3-9-13;1-2-3-8-4-6-9(10)7-5-8/h4-7H,2-3,8-9H2,1H3,(H,13,14);2*4-5,8H,2-3,6-7H2,1H3;5-8,13H,2-4,9-10H2,1H3;4-7,10H,2-3H2,1H3. The Hall–Kier alpha value is -6.13. The lowest BCUT2D eigenvalue weighted by molar-refractivity contribution is -0.137. The van der Waals surface area contributed by atoms with Gasteiger partial charge in [0.2, 0.25) is 0 Å². The number of aromatic hydroxyl groups is 1. The summed E-state index contributed by atoms with van der Waals surface area (Å²) in [6.07, 6.45) is 12.8. The highest BCUT2D eigenvalue weighted by atomic mass is 16.5. The van der Waals surface area contributed by atoms with E-state index in [4.69, 9.17) is 34.3 Å². The molecule has 0 radical (unpaired) electrons. The van der Waals surface area contributed by atoms with Crippen molar-refractivity contribution >= 4 is 17.5 Å². The number of hydrogen-bond acceptors (Lipinski definition) is 9. The van der Waals surface area contributed by atoms with Crippen LogP contribution in [0.25, 0.3) is 0 Å². The average Bonchev–Trinajstić information content (AvgIpc) is 3.33. The number of carboxylic acid groups (broad SMARTS) is 1. The van der Waals surface area contributed by atoms with Gasteiger partial charge >= 0.3 is 5.97 Å². The van der Waals surface area contributed by atoms with Crippen LogP contribution in [0, 0.1) is 0 Å². The van der Waals surface area contributed by atoms with Crippen LogP contribution in [-0.4, -0.2) is 65.9 Å². The lowest BCUT2D eigenvalue weighted by Crippen LogP contribution is -2.15. The topological polar surface area (TPSA) is 149 Å². The van der Waals surface area contributed by atoms with E-state index in [-0.39, 0.29) is 31.2 Å². The molecule has 0 aliphatic carbocycles. The molecule has 10 nitrogen and oxygen atoms in total. The van der Waals surface area contributed by atoms with E-state index in [9.17, 15) is 14.4 Å². The molecule has 67 heavy (non-hydrogen) atoms. The summed E-state index contributed by atoms with van der Waals surface area (Å²) < 4.78 is 21.5. The number of rotatable bonds is 18. The number of carbonyl (C=O) groups excluding carboxylic acids is 2. The van der Waals surface area contributed by atoms with Crippen molar-refractivity contribution < 1.29 is 48.7 Å². The van der Waals surface area contributed by atoms with Crippen LogP contribution in [0.5, 0.6) is 28.7 Å². The number of hydrogen-bond donors (Lipinski definition) is 3. The Balaban J connectivity index is 0.000000223. The van der Waals surface area contributed by atoms with Crippen LogP contribution in [0.4, 0.5) is 0 Å². The molecule has 0 spiro atoms. The first kappa shape index (κ1) is 55.2. The van der Waals surface area contributed by atoms with Gasteiger partial charge in [-0.2, -0.15) is 0 Å². The van der Waals surface area contributed by atoms with E-state index in [1.807, 2.05) is 84.9 Å². The monoisotopic (exact) mass is 919 g/mol. The molecule has 0 bridgehead atoms. The summed E-state index contributed by atoms with van der Waals surface area (Å²) in [5.41, 5.74) is 7.91. The third-order valence-electron chi connectivity index (χ3n) is 10.5. The SMILES string of the molecule is CCCc1ccc(O)cc1.CCCc1ccc(OCCC(=O)O)cc1.CCCc1ccc(OCCCO)cc1.CCCc1ccc2c(c1)C(=O)CCO2.CCCc1ccc2c(c1)C(=O)CCO2. The molecule has 0 saturated heterocycles. The van der Waals surface area contributed by atoms with Crippen LogP contribution in [-0.2, 0) is 36.9 Å².